The first-order valence-electron chi connectivity index (χ1n) is 11.1. The molecule has 34 heavy (non-hydrogen) atoms. The van der Waals surface area contributed by atoms with Gasteiger partial charge in [-0.15, -0.1) is 0 Å². The molecule has 0 radical (unpaired) electrons. The second-order valence-electron chi connectivity index (χ2n) is 8.93. The molecule has 2 aliphatic carbocycles. The molecule has 1 saturated heterocycles. The molecule has 0 aromatic heterocycles. The average molecular weight is 469 g/mol. The Labute approximate surface area is 197 Å². The fourth-order valence-electron chi connectivity index (χ4n) is 5.44. The highest BCUT2D eigenvalue weighted by atomic mass is 16.7. The number of hydrogen-bond donors (Lipinski definition) is 1. The highest BCUT2D eigenvalue weighted by Crippen LogP contribution is 2.59. The summed E-state index contributed by atoms with van der Waals surface area (Å²) in [4.78, 5) is 25.1. The molecule has 1 aliphatic heterocycles. The first kappa shape index (κ1) is 23.6. The number of non-ortho nitro benzene ring substituents is 1. The van der Waals surface area contributed by atoms with Crippen LogP contribution in [0.2, 0.25) is 0 Å². The molecule has 3 atom stereocenters. The fourth-order valence-corrected chi connectivity index (χ4v) is 5.44. The number of aliphatic hydroxyl groups is 1. The van der Waals surface area contributed by atoms with Gasteiger partial charge in [-0.1, -0.05) is 12.7 Å². The molecule has 4 rings (SSSR count). The van der Waals surface area contributed by atoms with E-state index >= 15 is 0 Å². The third-order valence-electron chi connectivity index (χ3n) is 7.26. The smallest absolute Gasteiger partial charge is 0.481 e. The Morgan fingerprint density at radius 2 is 2.06 bits per heavy atom. The van der Waals surface area contributed by atoms with Crippen molar-refractivity contribution in [1.29, 1.82) is 0 Å². The zero-order valence-corrected chi connectivity index (χ0v) is 19.2. The van der Waals surface area contributed by atoms with E-state index < -0.39 is 11.1 Å². The van der Waals surface area contributed by atoms with E-state index in [2.05, 4.69) is 18.5 Å². The summed E-state index contributed by atoms with van der Waals surface area (Å²) < 4.78 is 15.6. The minimum atomic E-state index is -0.885. The number of rotatable bonds is 5. The molecule has 3 unspecified atom stereocenters. The van der Waals surface area contributed by atoms with Crippen molar-refractivity contribution in [2.75, 3.05) is 20.7 Å². The summed E-state index contributed by atoms with van der Waals surface area (Å²) in [6.45, 7) is 5.34. The van der Waals surface area contributed by atoms with Gasteiger partial charge in [-0.2, -0.15) is 0 Å². The summed E-state index contributed by atoms with van der Waals surface area (Å²) in [7, 11) is 3.53. The maximum atomic E-state index is 12.4. The van der Waals surface area contributed by atoms with Gasteiger partial charge in [-0.05, 0) is 68.1 Å². The number of likely N-dealkylation sites (tertiary alicyclic amines) is 1. The van der Waals surface area contributed by atoms with Crippen LogP contribution in [0.4, 0.5) is 10.5 Å². The van der Waals surface area contributed by atoms with Gasteiger partial charge in [0.2, 0.25) is 0 Å². The van der Waals surface area contributed by atoms with Crippen LogP contribution in [0, 0.1) is 21.4 Å². The Kier molecular flexibility index (Phi) is 6.47. The molecule has 2 bridgehead atoms. The van der Waals surface area contributed by atoms with Crippen LogP contribution in [0.15, 0.2) is 71.9 Å². The van der Waals surface area contributed by atoms with Crippen LogP contribution in [0.3, 0.4) is 0 Å². The van der Waals surface area contributed by atoms with Crippen molar-refractivity contribution in [3.8, 4) is 5.75 Å². The van der Waals surface area contributed by atoms with Gasteiger partial charge in [0.25, 0.3) is 11.6 Å². The third kappa shape index (κ3) is 4.43. The topological polar surface area (TPSA) is 111 Å². The number of aliphatic hydroxyl groups excluding tert-OH is 1. The monoisotopic (exact) mass is 468 g/mol. The van der Waals surface area contributed by atoms with E-state index in [9.17, 15) is 20.0 Å². The quantitative estimate of drug-likeness (QED) is 0.211. The molecule has 1 saturated carbocycles. The third-order valence-corrected chi connectivity index (χ3v) is 7.26. The molecule has 0 spiro atoms. The number of nitro groups is 1. The van der Waals surface area contributed by atoms with E-state index in [-0.39, 0.29) is 22.8 Å². The lowest BCUT2D eigenvalue weighted by molar-refractivity contribution is -0.384. The highest BCUT2D eigenvalue weighted by molar-refractivity contribution is 5.65. The number of benzene rings is 1. The minimum Gasteiger partial charge on any atom is -0.481 e. The normalized spacial score (nSPS) is 28.1. The van der Waals surface area contributed by atoms with Crippen LogP contribution >= 0.6 is 0 Å². The van der Waals surface area contributed by atoms with E-state index in [0.717, 1.165) is 37.0 Å². The molecule has 180 valence electrons. The Bertz CT molecular complexity index is 1090. The summed E-state index contributed by atoms with van der Waals surface area (Å²) in [5, 5.41) is 20.5. The lowest BCUT2D eigenvalue weighted by Gasteiger charge is -2.58. The Balaban J connectivity index is 1.51. The fraction of sp³-hybridized carbons (Fsp3) is 0.400. The first-order chi connectivity index (χ1) is 16.2. The van der Waals surface area contributed by atoms with Gasteiger partial charge >= 0.3 is 6.16 Å². The number of carbonyl (C=O) groups is 1. The van der Waals surface area contributed by atoms with Crippen molar-refractivity contribution in [2.45, 2.75) is 31.7 Å². The zero-order chi connectivity index (χ0) is 24.5. The first-order valence-corrected chi connectivity index (χ1v) is 11.1. The SMILES string of the molecule is C=C1/C(=C\C=C(/O)OC)CC2C3CC=C(OC(=O)Oc4ccc([N+](=O)[O-])cc4)CC13CCN2C. The Morgan fingerprint density at radius 1 is 1.32 bits per heavy atom. The highest BCUT2D eigenvalue weighted by Gasteiger charge is 2.54. The number of ether oxygens (including phenoxy) is 3. The molecule has 3 aliphatic rings. The molecule has 9 nitrogen and oxygen atoms in total. The van der Waals surface area contributed by atoms with Crippen molar-refractivity contribution in [1.82, 2.24) is 4.90 Å². The Morgan fingerprint density at radius 3 is 2.74 bits per heavy atom. The molecule has 1 heterocycles. The number of hydrogen-bond acceptors (Lipinski definition) is 8. The molecule has 1 N–H and O–H groups in total. The maximum absolute atomic E-state index is 12.4. The lowest BCUT2D eigenvalue weighted by atomic mass is 9.52. The van der Waals surface area contributed by atoms with Gasteiger partial charge in [-0.3, -0.25) is 10.1 Å². The second kappa shape index (κ2) is 9.34. The van der Waals surface area contributed by atoms with Crippen LogP contribution in [0.5, 0.6) is 5.75 Å². The van der Waals surface area contributed by atoms with Crippen LogP contribution < -0.4 is 4.74 Å². The molecule has 2 fully saturated rings. The maximum Gasteiger partial charge on any atom is 0.519 e. The number of methoxy groups -OCH3 is 1. The van der Waals surface area contributed by atoms with Crippen LogP contribution in [0.25, 0.3) is 0 Å². The van der Waals surface area contributed by atoms with Gasteiger partial charge in [0.15, 0.2) is 0 Å². The van der Waals surface area contributed by atoms with E-state index in [0.29, 0.717) is 24.1 Å². The van der Waals surface area contributed by atoms with Gasteiger partial charge in [0.05, 0.1) is 12.0 Å². The molecule has 9 heteroatoms. The molecular weight excluding hydrogens is 440 g/mol. The van der Waals surface area contributed by atoms with Gasteiger partial charge in [-0.25, -0.2) is 4.79 Å². The van der Waals surface area contributed by atoms with Gasteiger partial charge in [0, 0.05) is 36.1 Å². The average Bonchev–Trinajstić information content (AvgIpc) is 2.82. The number of nitrogens with zero attached hydrogens (tertiary/aromatic N) is 2. The molecule has 1 aromatic carbocycles. The standard InChI is InChI=1S/C25H28N2O7/c1-16-17(4-11-23(28)32-3)14-22-21-10-9-20(15-25(16,21)12-13-26(22)2)34-24(29)33-19-7-5-18(6-8-19)27(30)31/h4-9,11,21-22,28H,1,10,12-15H2,2-3H3/b17-4-,23-11+. The molecule has 1 aromatic rings. The van der Waals surface area contributed by atoms with E-state index in [1.807, 2.05) is 12.2 Å². The van der Waals surface area contributed by atoms with Crippen molar-refractivity contribution in [3.05, 3.63) is 82.0 Å². The predicted octanol–water partition coefficient (Wildman–Crippen LogP) is 5.03. The summed E-state index contributed by atoms with van der Waals surface area (Å²) >= 11 is 0. The second-order valence-corrected chi connectivity index (χ2v) is 8.93. The molecular formula is C25H28N2O7. The number of allylic oxidation sites excluding steroid dienone is 5. The van der Waals surface area contributed by atoms with Gasteiger partial charge < -0.3 is 24.2 Å². The van der Waals surface area contributed by atoms with Crippen molar-refractivity contribution in [2.24, 2.45) is 11.3 Å². The summed E-state index contributed by atoms with van der Waals surface area (Å²) in [5.74, 6) is 0.873. The van der Waals surface area contributed by atoms with Crippen molar-refractivity contribution >= 4 is 11.8 Å². The summed E-state index contributed by atoms with van der Waals surface area (Å²) in [6.07, 6.45) is 7.42. The largest absolute Gasteiger partial charge is 0.519 e. The van der Waals surface area contributed by atoms with Crippen molar-refractivity contribution < 1.29 is 29.0 Å². The zero-order valence-electron chi connectivity index (χ0n) is 19.2. The lowest BCUT2D eigenvalue weighted by Crippen LogP contribution is -2.57. The number of carbonyl (C=O) groups excluding carboxylic acids is 1. The van der Waals surface area contributed by atoms with E-state index in [1.165, 1.54) is 37.5 Å². The van der Waals surface area contributed by atoms with Crippen molar-refractivity contribution in [3.63, 3.8) is 0 Å². The Hall–Kier alpha value is -3.59. The minimum absolute atomic E-state index is 0.0917. The van der Waals surface area contributed by atoms with Gasteiger partial charge in [0.1, 0.15) is 11.5 Å². The number of piperidine rings is 1. The van der Waals surface area contributed by atoms with E-state index in [4.69, 9.17) is 14.2 Å². The molecule has 0 amide bonds. The predicted molar refractivity (Wildman–Crippen MR) is 124 cm³/mol. The summed E-state index contributed by atoms with van der Waals surface area (Å²) in [6, 6.07) is 5.55. The van der Waals surface area contributed by atoms with E-state index in [1.54, 1.807) is 0 Å². The van der Waals surface area contributed by atoms with Crippen LogP contribution in [-0.4, -0.2) is 47.8 Å². The van der Waals surface area contributed by atoms with Crippen LogP contribution in [-0.2, 0) is 9.47 Å². The summed E-state index contributed by atoms with van der Waals surface area (Å²) in [5.41, 5.74) is 1.70. The van der Waals surface area contributed by atoms with Crippen LogP contribution in [0.1, 0.15) is 25.7 Å². The number of nitro benzene ring substituents is 1.